The highest BCUT2D eigenvalue weighted by Crippen LogP contribution is 2.12. The third kappa shape index (κ3) is 7.35. The van der Waals surface area contributed by atoms with Gasteiger partial charge < -0.3 is 10.1 Å². The molecule has 0 aromatic heterocycles. The van der Waals surface area contributed by atoms with E-state index in [1.165, 1.54) is 12.2 Å². The van der Waals surface area contributed by atoms with Crippen molar-refractivity contribution in [1.29, 1.82) is 0 Å². The van der Waals surface area contributed by atoms with Gasteiger partial charge in [-0.15, -0.1) is 0 Å². The maximum Gasteiger partial charge on any atom is 0.0623 e. The van der Waals surface area contributed by atoms with Crippen molar-refractivity contribution in [3.63, 3.8) is 0 Å². The molecule has 0 spiro atoms. The summed E-state index contributed by atoms with van der Waals surface area (Å²) in [5, 5.41) is 3.25. The maximum atomic E-state index is 5.10. The normalized spacial score (nSPS) is 15.7. The molecule has 0 radical (unpaired) electrons. The molecule has 3 heteroatoms. The molecule has 0 saturated carbocycles. The van der Waals surface area contributed by atoms with Crippen LogP contribution >= 0.6 is 11.8 Å². The number of rotatable bonds is 8. The third-order valence-corrected chi connectivity index (χ3v) is 3.64. The first-order chi connectivity index (χ1) is 6.24. The van der Waals surface area contributed by atoms with Crippen LogP contribution in [0.3, 0.4) is 0 Å². The Bertz CT molecular complexity index is 111. The summed E-state index contributed by atoms with van der Waals surface area (Å²) in [6.45, 7) is 5.36. The lowest BCUT2D eigenvalue weighted by Gasteiger charge is -2.15. The van der Waals surface area contributed by atoms with Crippen LogP contribution in [0.25, 0.3) is 0 Å². The lowest BCUT2D eigenvalue weighted by molar-refractivity contribution is 0.177. The number of likely N-dealkylation sites (N-methyl/N-ethyl adjacent to an activating group) is 1. The summed E-state index contributed by atoms with van der Waals surface area (Å²) in [7, 11) is 3.75. The predicted molar refractivity (Wildman–Crippen MR) is 61.5 cm³/mol. The minimum absolute atomic E-state index is 0.499. The first-order valence-electron chi connectivity index (χ1n) is 4.98. The van der Waals surface area contributed by atoms with Gasteiger partial charge in [-0.05, 0) is 18.7 Å². The van der Waals surface area contributed by atoms with E-state index < -0.39 is 0 Å². The van der Waals surface area contributed by atoms with Crippen LogP contribution in [0.1, 0.15) is 20.3 Å². The number of ether oxygens (including phenoxy) is 1. The zero-order valence-corrected chi connectivity index (χ0v) is 10.1. The second-order valence-corrected chi connectivity index (χ2v) is 4.57. The Morgan fingerprint density at radius 3 is 2.54 bits per heavy atom. The highest BCUT2D eigenvalue weighted by atomic mass is 32.2. The van der Waals surface area contributed by atoms with Crippen LogP contribution in [-0.4, -0.2) is 38.3 Å². The first-order valence-corrected chi connectivity index (χ1v) is 6.14. The molecule has 0 bridgehead atoms. The van der Waals surface area contributed by atoms with Crippen LogP contribution in [0.5, 0.6) is 0 Å². The fourth-order valence-corrected chi connectivity index (χ4v) is 2.27. The molecule has 0 fully saturated rings. The van der Waals surface area contributed by atoms with E-state index in [0.717, 1.165) is 18.3 Å². The van der Waals surface area contributed by atoms with Gasteiger partial charge in [-0.25, -0.2) is 0 Å². The molecular formula is C10H23NOS. The van der Waals surface area contributed by atoms with Gasteiger partial charge in [-0.1, -0.05) is 20.3 Å². The fourth-order valence-electron chi connectivity index (χ4n) is 0.945. The van der Waals surface area contributed by atoms with E-state index >= 15 is 0 Å². The van der Waals surface area contributed by atoms with E-state index in [1.54, 1.807) is 7.11 Å². The quantitative estimate of drug-likeness (QED) is 0.655. The molecule has 13 heavy (non-hydrogen) atoms. The van der Waals surface area contributed by atoms with Crippen molar-refractivity contribution in [2.75, 3.05) is 32.3 Å². The van der Waals surface area contributed by atoms with Gasteiger partial charge in [0, 0.05) is 18.9 Å². The summed E-state index contributed by atoms with van der Waals surface area (Å²) >= 11 is 2.02. The summed E-state index contributed by atoms with van der Waals surface area (Å²) in [5.74, 6) is 3.25. The van der Waals surface area contributed by atoms with E-state index in [1.807, 2.05) is 18.8 Å². The van der Waals surface area contributed by atoms with Crippen molar-refractivity contribution in [1.82, 2.24) is 5.32 Å². The van der Waals surface area contributed by atoms with Crippen LogP contribution in [0, 0.1) is 5.92 Å². The number of nitrogens with one attached hydrogen (secondary N) is 1. The average Bonchev–Trinajstić information content (AvgIpc) is 2.16. The maximum absolute atomic E-state index is 5.10. The Morgan fingerprint density at radius 1 is 1.38 bits per heavy atom. The monoisotopic (exact) mass is 205 g/mol. The van der Waals surface area contributed by atoms with Crippen molar-refractivity contribution >= 4 is 11.8 Å². The van der Waals surface area contributed by atoms with E-state index in [-0.39, 0.29) is 0 Å². The van der Waals surface area contributed by atoms with E-state index in [0.29, 0.717) is 6.04 Å². The fraction of sp³-hybridized carbons (Fsp3) is 1.00. The molecule has 0 aliphatic carbocycles. The van der Waals surface area contributed by atoms with Crippen LogP contribution in [0.4, 0.5) is 0 Å². The summed E-state index contributed by atoms with van der Waals surface area (Å²) < 4.78 is 5.10. The molecule has 0 amide bonds. The zero-order valence-electron chi connectivity index (χ0n) is 9.30. The highest BCUT2D eigenvalue weighted by Gasteiger charge is 2.06. The number of methoxy groups -OCH3 is 1. The van der Waals surface area contributed by atoms with Gasteiger partial charge in [0.25, 0.3) is 0 Å². The van der Waals surface area contributed by atoms with Gasteiger partial charge in [0.15, 0.2) is 0 Å². The van der Waals surface area contributed by atoms with Gasteiger partial charge in [0.2, 0.25) is 0 Å². The van der Waals surface area contributed by atoms with Crippen molar-refractivity contribution in [3.05, 3.63) is 0 Å². The average molecular weight is 205 g/mol. The van der Waals surface area contributed by atoms with Gasteiger partial charge in [0.05, 0.1) is 6.61 Å². The molecular weight excluding hydrogens is 182 g/mol. The minimum Gasteiger partial charge on any atom is -0.383 e. The molecule has 0 saturated heterocycles. The molecule has 2 nitrogen and oxygen atoms in total. The molecule has 0 aromatic carbocycles. The smallest absolute Gasteiger partial charge is 0.0623 e. The SMILES string of the molecule is CCC(C)CSCC(COC)NC. The molecule has 2 atom stereocenters. The first kappa shape index (κ1) is 13.3. The Labute approximate surface area is 86.8 Å². The molecule has 0 heterocycles. The van der Waals surface area contributed by atoms with Crippen molar-refractivity contribution in [2.45, 2.75) is 26.3 Å². The van der Waals surface area contributed by atoms with Crippen LogP contribution in [0.2, 0.25) is 0 Å². The number of hydrogen-bond donors (Lipinski definition) is 1. The Kier molecular flexibility index (Phi) is 9.03. The summed E-state index contributed by atoms with van der Waals surface area (Å²) in [4.78, 5) is 0. The minimum atomic E-state index is 0.499. The Hall–Kier alpha value is 0.270. The highest BCUT2D eigenvalue weighted by molar-refractivity contribution is 7.99. The van der Waals surface area contributed by atoms with Crippen LogP contribution in [0.15, 0.2) is 0 Å². The van der Waals surface area contributed by atoms with E-state index in [4.69, 9.17) is 4.74 Å². The number of hydrogen-bond acceptors (Lipinski definition) is 3. The predicted octanol–water partition coefficient (Wildman–Crippen LogP) is 2.00. The molecule has 0 rings (SSSR count). The standard InChI is InChI=1S/C10H23NOS/c1-5-9(2)7-13-8-10(11-3)6-12-4/h9-11H,5-8H2,1-4H3. The van der Waals surface area contributed by atoms with Crippen LogP contribution < -0.4 is 5.32 Å². The topological polar surface area (TPSA) is 21.3 Å². The lowest BCUT2D eigenvalue weighted by atomic mass is 10.2. The molecule has 0 aliphatic heterocycles. The summed E-state index contributed by atoms with van der Waals surface area (Å²) in [5.41, 5.74) is 0. The number of thioether (sulfide) groups is 1. The second kappa shape index (κ2) is 8.85. The summed E-state index contributed by atoms with van der Waals surface area (Å²) in [6.07, 6.45) is 1.28. The molecule has 0 aromatic rings. The Morgan fingerprint density at radius 2 is 2.08 bits per heavy atom. The summed E-state index contributed by atoms with van der Waals surface area (Å²) in [6, 6.07) is 0.499. The van der Waals surface area contributed by atoms with Crippen molar-refractivity contribution in [2.24, 2.45) is 5.92 Å². The van der Waals surface area contributed by atoms with Gasteiger partial charge >= 0.3 is 0 Å². The molecule has 0 aliphatic rings. The Balaban J connectivity index is 3.37. The van der Waals surface area contributed by atoms with Gasteiger partial charge in [0.1, 0.15) is 0 Å². The second-order valence-electron chi connectivity index (χ2n) is 3.49. The lowest BCUT2D eigenvalue weighted by Crippen LogP contribution is -2.32. The van der Waals surface area contributed by atoms with E-state index in [9.17, 15) is 0 Å². The van der Waals surface area contributed by atoms with E-state index in [2.05, 4.69) is 19.2 Å². The van der Waals surface area contributed by atoms with Crippen LogP contribution in [-0.2, 0) is 4.74 Å². The molecule has 1 N–H and O–H groups in total. The van der Waals surface area contributed by atoms with Crippen molar-refractivity contribution in [3.8, 4) is 0 Å². The van der Waals surface area contributed by atoms with Gasteiger partial charge in [-0.2, -0.15) is 11.8 Å². The third-order valence-electron chi connectivity index (χ3n) is 2.19. The van der Waals surface area contributed by atoms with Crippen molar-refractivity contribution < 1.29 is 4.74 Å². The van der Waals surface area contributed by atoms with Gasteiger partial charge in [-0.3, -0.25) is 0 Å². The largest absolute Gasteiger partial charge is 0.383 e. The zero-order chi connectivity index (χ0) is 10.1. The molecule has 80 valence electrons. The molecule has 2 unspecified atom stereocenters.